The molecule has 2 rings (SSSR count). The van der Waals surface area contributed by atoms with Gasteiger partial charge in [-0.15, -0.1) is 0 Å². The van der Waals surface area contributed by atoms with E-state index in [-0.39, 0.29) is 11.3 Å². The fourth-order valence-electron chi connectivity index (χ4n) is 1.81. The van der Waals surface area contributed by atoms with Crippen LogP contribution in [0.25, 0.3) is 11.1 Å². The summed E-state index contributed by atoms with van der Waals surface area (Å²) < 4.78 is 5.25. The third-order valence-corrected chi connectivity index (χ3v) is 2.99. The van der Waals surface area contributed by atoms with Gasteiger partial charge in [-0.3, -0.25) is 0 Å². The summed E-state index contributed by atoms with van der Waals surface area (Å²) in [6.45, 7) is 0. The van der Waals surface area contributed by atoms with Crippen LogP contribution in [0.1, 0.15) is 10.4 Å². The lowest BCUT2D eigenvalue weighted by Crippen LogP contribution is -2.02. The molecular weight excluding hydrogens is 266 g/mol. The van der Waals surface area contributed by atoms with Crippen LogP contribution in [0, 0.1) is 0 Å². The van der Waals surface area contributed by atoms with Gasteiger partial charge in [-0.1, -0.05) is 17.7 Å². The Morgan fingerprint density at radius 1 is 1.26 bits per heavy atom. The van der Waals surface area contributed by atoms with Gasteiger partial charge in [0.2, 0.25) is 0 Å². The molecule has 98 valence electrons. The SMILES string of the molecule is COc1ccc(Cl)cc1-c1ccc(N)c(C(=O)O)c1. The van der Waals surface area contributed by atoms with Crippen LogP contribution >= 0.6 is 11.6 Å². The van der Waals surface area contributed by atoms with Crippen LogP contribution in [0.15, 0.2) is 36.4 Å². The number of carboxylic acid groups (broad SMARTS) is 1. The van der Waals surface area contributed by atoms with Crippen molar-refractivity contribution < 1.29 is 14.6 Å². The van der Waals surface area contributed by atoms with Gasteiger partial charge in [-0.05, 0) is 35.9 Å². The van der Waals surface area contributed by atoms with Crippen molar-refractivity contribution in [2.45, 2.75) is 0 Å². The molecule has 2 aromatic carbocycles. The van der Waals surface area contributed by atoms with Crippen LogP contribution in [0.3, 0.4) is 0 Å². The van der Waals surface area contributed by atoms with E-state index in [0.29, 0.717) is 16.3 Å². The molecule has 0 heterocycles. The summed E-state index contributed by atoms with van der Waals surface area (Å²) in [5.74, 6) is -0.453. The minimum absolute atomic E-state index is 0.0551. The van der Waals surface area contributed by atoms with E-state index in [1.54, 1.807) is 37.4 Å². The minimum Gasteiger partial charge on any atom is -0.496 e. The lowest BCUT2D eigenvalue weighted by atomic mass is 10.0. The van der Waals surface area contributed by atoms with Crippen LogP contribution in [0.4, 0.5) is 5.69 Å². The zero-order valence-corrected chi connectivity index (χ0v) is 10.9. The van der Waals surface area contributed by atoms with Crippen LogP contribution in [-0.2, 0) is 0 Å². The number of halogens is 1. The molecule has 0 spiro atoms. The molecule has 3 N–H and O–H groups in total. The van der Waals surface area contributed by atoms with Gasteiger partial charge in [0.1, 0.15) is 5.75 Å². The van der Waals surface area contributed by atoms with Crippen LogP contribution < -0.4 is 10.5 Å². The van der Waals surface area contributed by atoms with E-state index in [9.17, 15) is 4.79 Å². The maximum atomic E-state index is 11.1. The van der Waals surface area contributed by atoms with Gasteiger partial charge in [0, 0.05) is 16.3 Å². The van der Waals surface area contributed by atoms with E-state index in [4.69, 9.17) is 27.2 Å². The van der Waals surface area contributed by atoms with Gasteiger partial charge in [0.25, 0.3) is 0 Å². The average molecular weight is 278 g/mol. The Balaban J connectivity index is 2.62. The average Bonchev–Trinajstić information content (AvgIpc) is 2.39. The first-order chi connectivity index (χ1) is 9.02. The van der Waals surface area contributed by atoms with E-state index in [1.807, 2.05) is 0 Å². The van der Waals surface area contributed by atoms with E-state index < -0.39 is 5.97 Å². The molecule has 0 aliphatic carbocycles. The number of aromatic carboxylic acids is 1. The van der Waals surface area contributed by atoms with E-state index in [1.165, 1.54) is 6.07 Å². The number of ether oxygens (including phenoxy) is 1. The summed E-state index contributed by atoms with van der Waals surface area (Å²) >= 11 is 5.96. The van der Waals surface area contributed by atoms with Gasteiger partial charge >= 0.3 is 5.97 Å². The summed E-state index contributed by atoms with van der Waals surface area (Å²) in [6, 6.07) is 9.95. The number of methoxy groups -OCH3 is 1. The number of nitrogens with two attached hydrogens (primary N) is 1. The molecule has 4 nitrogen and oxygen atoms in total. The molecule has 0 atom stereocenters. The Morgan fingerprint density at radius 3 is 2.63 bits per heavy atom. The second-order valence-electron chi connectivity index (χ2n) is 3.95. The molecule has 5 heteroatoms. The minimum atomic E-state index is -1.07. The van der Waals surface area contributed by atoms with Crippen molar-refractivity contribution in [3.05, 3.63) is 47.0 Å². The van der Waals surface area contributed by atoms with Crippen LogP contribution in [-0.4, -0.2) is 18.2 Å². The lowest BCUT2D eigenvalue weighted by molar-refractivity contribution is 0.0698. The molecule has 0 unspecified atom stereocenters. The first kappa shape index (κ1) is 13.2. The highest BCUT2D eigenvalue weighted by atomic mass is 35.5. The molecule has 19 heavy (non-hydrogen) atoms. The van der Waals surface area contributed by atoms with Crippen molar-refractivity contribution in [1.29, 1.82) is 0 Å². The highest BCUT2D eigenvalue weighted by molar-refractivity contribution is 6.31. The molecule has 0 amide bonds. The lowest BCUT2D eigenvalue weighted by Gasteiger charge is -2.10. The third-order valence-electron chi connectivity index (χ3n) is 2.76. The standard InChI is InChI=1S/C14H12ClNO3/c1-19-13-5-3-9(15)7-10(13)8-2-4-12(16)11(6-8)14(17)18/h2-7H,16H2,1H3,(H,17,18). The smallest absolute Gasteiger partial charge is 0.337 e. The van der Waals surface area contributed by atoms with Crippen molar-refractivity contribution in [3.8, 4) is 16.9 Å². The molecule has 0 saturated heterocycles. The first-order valence-electron chi connectivity index (χ1n) is 5.49. The van der Waals surface area contributed by atoms with Crippen LogP contribution in [0.2, 0.25) is 5.02 Å². The zero-order valence-electron chi connectivity index (χ0n) is 10.2. The Kier molecular flexibility index (Phi) is 3.62. The fraction of sp³-hybridized carbons (Fsp3) is 0.0714. The van der Waals surface area contributed by atoms with Crippen molar-refractivity contribution in [3.63, 3.8) is 0 Å². The summed E-state index contributed by atoms with van der Waals surface area (Å²) in [5, 5.41) is 9.63. The summed E-state index contributed by atoms with van der Waals surface area (Å²) in [5.41, 5.74) is 7.31. The molecule has 0 fully saturated rings. The maximum absolute atomic E-state index is 11.1. The van der Waals surface area contributed by atoms with E-state index in [2.05, 4.69) is 0 Å². The number of carboxylic acids is 1. The molecule has 0 aliphatic rings. The molecular formula is C14H12ClNO3. The van der Waals surface area contributed by atoms with Crippen molar-refractivity contribution in [2.75, 3.05) is 12.8 Å². The number of anilines is 1. The number of benzene rings is 2. The summed E-state index contributed by atoms with van der Waals surface area (Å²) in [7, 11) is 1.54. The Labute approximate surface area is 115 Å². The predicted molar refractivity (Wildman–Crippen MR) is 74.8 cm³/mol. The molecule has 0 bridgehead atoms. The first-order valence-corrected chi connectivity index (χ1v) is 5.87. The second kappa shape index (κ2) is 5.20. The Morgan fingerprint density at radius 2 is 2.00 bits per heavy atom. The van der Waals surface area contributed by atoms with Crippen molar-refractivity contribution in [2.24, 2.45) is 0 Å². The van der Waals surface area contributed by atoms with Gasteiger partial charge in [-0.2, -0.15) is 0 Å². The highest BCUT2D eigenvalue weighted by Crippen LogP contribution is 2.33. The zero-order chi connectivity index (χ0) is 14.0. The number of carbonyl (C=O) groups is 1. The fourth-order valence-corrected chi connectivity index (χ4v) is 1.99. The predicted octanol–water partition coefficient (Wildman–Crippen LogP) is 3.30. The van der Waals surface area contributed by atoms with Crippen molar-refractivity contribution >= 4 is 23.3 Å². The third kappa shape index (κ3) is 2.63. The number of rotatable bonds is 3. The van der Waals surface area contributed by atoms with Gasteiger partial charge < -0.3 is 15.6 Å². The molecule has 0 radical (unpaired) electrons. The van der Waals surface area contributed by atoms with Gasteiger partial charge in [-0.25, -0.2) is 4.79 Å². The molecule has 0 aromatic heterocycles. The van der Waals surface area contributed by atoms with E-state index >= 15 is 0 Å². The second-order valence-corrected chi connectivity index (χ2v) is 4.39. The molecule has 0 saturated carbocycles. The Bertz CT molecular complexity index is 641. The normalized spacial score (nSPS) is 10.2. The molecule has 0 aliphatic heterocycles. The number of hydrogen-bond donors (Lipinski definition) is 2. The van der Waals surface area contributed by atoms with Crippen molar-refractivity contribution in [1.82, 2.24) is 0 Å². The monoisotopic (exact) mass is 277 g/mol. The molecule has 2 aromatic rings. The number of nitrogen functional groups attached to an aromatic ring is 1. The van der Waals surface area contributed by atoms with Crippen LogP contribution in [0.5, 0.6) is 5.75 Å². The topological polar surface area (TPSA) is 72.5 Å². The summed E-state index contributed by atoms with van der Waals surface area (Å²) in [6.07, 6.45) is 0. The number of hydrogen-bond acceptors (Lipinski definition) is 3. The maximum Gasteiger partial charge on any atom is 0.337 e. The van der Waals surface area contributed by atoms with Gasteiger partial charge in [0.05, 0.1) is 12.7 Å². The highest BCUT2D eigenvalue weighted by Gasteiger charge is 2.12. The van der Waals surface area contributed by atoms with E-state index in [0.717, 1.165) is 5.56 Å². The Hall–Kier alpha value is -2.20. The summed E-state index contributed by atoms with van der Waals surface area (Å²) in [4.78, 5) is 11.1. The van der Waals surface area contributed by atoms with Gasteiger partial charge in [0.15, 0.2) is 0 Å². The largest absolute Gasteiger partial charge is 0.496 e. The quantitative estimate of drug-likeness (QED) is 0.845.